The average molecular weight is 424 g/mol. The van der Waals surface area contributed by atoms with Crippen molar-refractivity contribution in [2.45, 2.75) is 57.9 Å². The molecule has 164 valence electrons. The molecule has 2 atom stereocenters. The van der Waals surface area contributed by atoms with Crippen molar-refractivity contribution >= 4 is 11.9 Å². The van der Waals surface area contributed by atoms with E-state index in [0.29, 0.717) is 0 Å². The lowest BCUT2D eigenvalue weighted by Crippen LogP contribution is -2.42. The summed E-state index contributed by atoms with van der Waals surface area (Å²) in [4.78, 5) is 23.5. The van der Waals surface area contributed by atoms with Gasteiger partial charge in [-0.2, -0.15) is 13.2 Å². The van der Waals surface area contributed by atoms with Crippen LogP contribution in [0, 0.1) is 11.6 Å². The van der Waals surface area contributed by atoms with E-state index in [0.717, 1.165) is 6.07 Å². The van der Waals surface area contributed by atoms with Crippen molar-refractivity contribution in [2.75, 3.05) is 13.1 Å². The van der Waals surface area contributed by atoms with Crippen LogP contribution in [0.2, 0.25) is 0 Å². The molecule has 10 heteroatoms. The first-order chi connectivity index (χ1) is 13.4. The van der Waals surface area contributed by atoms with Crippen LogP contribution in [-0.2, 0) is 14.3 Å². The maximum atomic E-state index is 14.2. The molecule has 0 spiro atoms. The highest BCUT2D eigenvalue weighted by atomic mass is 19.4. The second kappa shape index (κ2) is 11.1. The van der Waals surface area contributed by atoms with Crippen molar-refractivity contribution < 1.29 is 36.3 Å². The number of ether oxygens (including phenoxy) is 1. The number of alkyl halides is 3. The third kappa shape index (κ3) is 9.21. The molecule has 0 heterocycles. The summed E-state index contributed by atoms with van der Waals surface area (Å²) in [5, 5.41) is 4.60. The molecule has 29 heavy (non-hydrogen) atoms. The highest BCUT2D eigenvalue weighted by Gasteiger charge is 2.29. The molecule has 0 radical (unpaired) electrons. The van der Waals surface area contributed by atoms with Crippen LogP contribution in [0.3, 0.4) is 0 Å². The van der Waals surface area contributed by atoms with Gasteiger partial charge in [-0.1, -0.05) is 12.1 Å². The smallest absolute Gasteiger partial charge is 0.401 e. The van der Waals surface area contributed by atoms with Crippen molar-refractivity contribution in [3.63, 3.8) is 0 Å². The summed E-state index contributed by atoms with van der Waals surface area (Å²) >= 11 is 0. The molecule has 5 nitrogen and oxygen atoms in total. The number of carbonyl (C=O) groups is 2. The predicted octanol–water partition coefficient (Wildman–Crippen LogP) is 3.44. The van der Waals surface area contributed by atoms with Crippen molar-refractivity contribution in [2.24, 2.45) is 0 Å². The molecule has 0 aliphatic carbocycles. The van der Waals surface area contributed by atoms with E-state index in [1.807, 2.05) is 0 Å². The van der Waals surface area contributed by atoms with Crippen LogP contribution in [0.5, 0.6) is 0 Å². The molecule has 0 bridgehead atoms. The standard InChI is InChI=1S/C19H25F5N2O3/c1-11(2)29-18(28)16(26-12(3)27)8-7-13(9-25-10-19(22,23)24)14-5-4-6-15(20)17(14)21/h4-6,11,13,16,25H,7-10H2,1-3H3,(H,26,27). The molecule has 0 aliphatic heterocycles. The van der Waals surface area contributed by atoms with E-state index in [2.05, 4.69) is 10.6 Å². The van der Waals surface area contributed by atoms with E-state index >= 15 is 0 Å². The summed E-state index contributed by atoms with van der Waals surface area (Å²) in [5.41, 5.74) is -0.113. The first-order valence-corrected chi connectivity index (χ1v) is 9.09. The molecule has 2 N–H and O–H groups in total. The molecule has 1 aromatic carbocycles. The Balaban J connectivity index is 2.97. The van der Waals surface area contributed by atoms with Gasteiger partial charge >= 0.3 is 12.1 Å². The Labute approximate surface area is 166 Å². The maximum absolute atomic E-state index is 14.2. The normalized spacial score (nSPS) is 13.8. The van der Waals surface area contributed by atoms with E-state index in [1.165, 1.54) is 19.1 Å². The largest absolute Gasteiger partial charge is 0.461 e. The SMILES string of the molecule is CC(=O)NC(CCC(CNCC(F)(F)F)c1cccc(F)c1F)C(=O)OC(C)C. The Morgan fingerprint density at radius 3 is 2.34 bits per heavy atom. The van der Waals surface area contributed by atoms with Gasteiger partial charge in [0.15, 0.2) is 11.6 Å². The summed E-state index contributed by atoms with van der Waals surface area (Å²) in [7, 11) is 0. The number of amides is 1. The van der Waals surface area contributed by atoms with Crippen molar-refractivity contribution in [1.29, 1.82) is 0 Å². The van der Waals surface area contributed by atoms with E-state index in [4.69, 9.17) is 4.74 Å². The summed E-state index contributed by atoms with van der Waals surface area (Å²) in [6.45, 7) is 2.84. The monoisotopic (exact) mass is 424 g/mol. The van der Waals surface area contributed by atoms with Crippen LogP contribution < -0.4 is 10.6 Å². The number of esters is 1. The summed E-state index contributed by atoms with van der Waals surface area (Å²) in [6.07, 6.45) is -4.93. The maximum Gasteiger partial charge on any atom is 0.401 e. The second-order valence-corrected chi connectivity index (χ2v) is 6.90. The van der Waals surface area contributed by atoms with Crippen molar-refractivity contribution in [1.82, 2.24) is 10.6 Å². The zero-order valence-electron chi connectivity index (χ0n) is 16.4. The van der Waals surface area contributed by atoms with Crippen LogP contribution in [0.15, 0.2) is 18.2 Å². The summed E-state index contributed by atoms with van der Waals surface area (Å²) < 4.78 is 70.1. The number of benzene rings is 1. The lowest BCUT2D eigenvalue weighted by molar-refractivity contribution is -0.151. The Morgan fingerprint density at radius 2 is 1.79 bits per heavy atom. The van der Waals surface area contributed by atoms with Gasteiger partial charge in [0.2, 0.25) is 5.91 Å². The summed E-state index contributed by atoms with van der Waals surface area (Å²) in [5.74, 6) is -4.36. The van der Waals surface area contributed by atoms with Gasteiger partial charge in [-0.05, 0) is 44.2 Å². The molecule has 0 fully saturated rings. The first kappa shape index (κ1) is 24.8. The molecule has 0 aliphatic rings. The lowest BCUT2D eigenvalue weighted by Gasteiger charge is -2.23. The molecule has 2 unspecified atom stereocenters. The third-order valence-corrected chi connectivity index (χ3v) is 3.96. The first-order valence-electron chi connectivity index (χ1n) is 9.09. The fourth-order valence-electron chi connectivity index (χ4n) is 2.77. The minimum Gasteiger partial charge on any atom is -0.461 e. The second-order valence-electron chi connectivity index (χ2n) is 6.90. The molecule has 0 saturated heterocycles. The highest BCUT2D eigenvalue weighted by molar-refractivity contribution is 5.83. The quantitative estimate of drug-likeness (QED) is 0.446. The zero-order valence-corrected chi connectivity index (χ0v) is 16.4. The average Bonchev–Trinajstić information content (AvgIpc) is 2.57. The fourth-order valence-corrected chi connectivity index (χ4v) is 2.77. The number of halogens is 5. The van der Waals surface area contributed by atoms with E-state index < -0.39 is 54.3 Å². The predicted molar refractivity (Wildman–Crippen MR) is 96.1 cm³/mol. The topological polar surface area (TPSA) is 67.4 Å². The van der Waals surface area contributed by atoms with Gasteiger partial charge in [0, 0.05) is 13.5 Å². The number of nitrogens with one attached hydrogen (secondary N) is 2. The Hall–Kier alpha value is -2.23. The molecular weight excluding hydrogens is 399 g/mol. The van der Waals surface area contributed by atoms with Crippen LogP contribution in [0.25, 0.3) is 0 Å². The highest BCUT2D eigenvalue weighted by Crippen LogP contribution is 2.26. The van der Waals surface area contributed by atoms with Gasteiger partial charge in [-0.3, -0.25) is 4.79 Å². The number of hydrogen-bond acceptors (Lipinski definition) is 4. The molecule has 1 rings (SSSR count). The van der Waals surface area contributed by atoms with Gasteiger partial charge in [0.1, 0.15) is 6.04 Å². The Kier molecular flexibility index (Phi) is 9.48. The summed E-state index contributed by atoms with van der Waals surface area (Å²) in [6, 6.07) is 2.37. The Morgan fingerprint density at radius 1 is 1.14 bits per heavy atom. The van der Waals surface area contributed by atoms with Crippen LogP contribution in [0.4, 0.5) is 22.0 Å². The van der Waals surface area contributed by atoms with Gasteiger partial charge in [0.05, 0.1) is 12.6 Å². The van der Waals surface area contributed by atoms with E-state index in [-0.39, 0.29) is 24.9 Å². The molecule has 0 aromatic heterocycles. The van der Waals surface area contributed by atoms with E-state index in [1.54, 1.807) is 13.8 Å². The number of hydrogen-bond donors (Lipinski definition) is 2. The van der Waals surface area contributed by atoms with Crippen LogP contribution >= 0.6 is 0 Å². The fraction of sp³-hybridized carbons (Fsp3) is 0.579. The Bertz CT molecular complexity index is 695. The molecule has 0 saturated carbocycles. The van der Waals surface area contributed by atoms with Crippen molar-refractivity contribution in [3.8, 4) is 0 Å². The van der Waals surface area contributed by atoms with Crippen LogP contribution in [0.1, 0.15) is 45.1 Å². The van der Waals surface area contributed by atoms with Gasteiger partial charge in [-0.15, -0.1) is 0 Å². The zero-order chi connectivity index (χ0) is 22.2. The minimum atomic E-state index is -4.47. The van der Waals surface area contributed by atoms with Gasteiger partial charge < -0.3 is 15.4 Å². The lowest BCUT2D eigenvalue weighted by atomic mass is 9.91. The molecule has 1 amide bonds. The third-order valence-electron chi connectivity index (χ3n) is 3.96. The van der Waals surface area contributed by atoms with Crippen molar-refractivity contribution in [3.05, 3.63) is 35.4 Å². The number of carbonyl (C=O) groups excluding carboxylic acids is 2. The minimum absolute atomic E-state index is 0.00335. The van der Waals surface area contributed by atoms with Crippen LogP contribution in [-0.4, -0.2) is 43.3 Å². The van der Waals surface area contributed by atoms with Gasteiger partial charge in [-0.25, -0.2) is 13.6 Å². The van der Waals surface area contributed by atoms with Gasteiger partial charge in [0.25, 0.3) is 0 Å². The molecular formula is C19H25F5N2O3. The molecule has 1 aromatic rings. The van der Waals surface area contributed by atoms with E-state index in [9.17, 15) is 31.5 Å². The number of rotatable bonds is 10.